The number of para-hydroxylation sites is 1. The van der Waals surface area contributed by atoms with Gasteiger partial charge in [0.15, 0.2) is 0 Å². The van der Waals surface area contributed by atoms with E-state index in [0.717, 1.165) is 51.2 Å². The van der Waals surface area contributed by atoms with Gasteiger partial charge in [0.1, 0.15) is 6.04 Å². The number of H-pyrrole nitrogens is 2. The lowest BCUT2D eigenvalue weighted by Gasteiger charge is -2.18. The molecule has 2 aromatic heterocycles. The lowest BCUT2D eigenvalue weighted by atomic mass is 9.95. The topological polar surface area (TPSA) is 42.0 Å². The molecule has 4 aromatic rings. The average molecular weight is 396 g/mol. The van der Waals surface area contributed by atoms with Gasteiger partial charge in [0.25, 0.3) is 5.82 Å². The molecule has 29 heavy (non-hydrogen) atoms. The van der Waals surface area contributed by atoms with Crippen molar-refractivity contribution >= 4 is 16.7 Å². The quantitative estimate of drug-likeness (QED) is 0.448. The zero-order valence-electron chi connectivity index (χ0n) is 16.1. The molecule has 3 N–H and O–H groups in total. The Balaban J connectivity index is 1.85. The van der Waals surface area contributed by atoms with E-state index in [9.17, 15) is 13.2 Å². The fraction of sp³-hybridized carbons (Fsp3) is 0.174. The lowest BCUT2D eigenvalue weighted by molar-refractivity contribution is -0.361. The molecular formula is C23H21F3N3+. The van der Waals surface area contributed by atoms with Crippen LogP contribution in [0.1, 0.15) is 34.0 Å². The molecule has 0 aliphatic carbocycles. The molecule has 0 amide bonds. The number of halogens is 3. The van der Waals surface area contributed by atoms with Gasteiger partial charge >= 0.3 is 6.18 Å². The third kappa shape index (κ3) is 3.70. The monoisotopic (exact) mass is 396 g/mol. The van der Waals surface area contributed by atoms with Crippen LogP contribution in [0.15, 0.2) is 66.9 Å². The van der Waals surface area contributed by atoms with Crippen LogP contribution < -0.4 is 10.3 Å². The van der Waals surface area contributed by atoms with Gasteiger partial charge in [-0.3, -0.25) is 5.32 Å². The molecule has 6 heteroatoms. The van der Waals surface area contributed by atoms with Crippen molar-refractivity contribution in [3.05, 3.63) is 94.8 Å². The third-order valence-electron chi connectivity index (χ3n) is 5.16. The van der Waals surface area contributed by atoms with E-state index < -0.39 is 11.7 Å². The maximum Gasteiger partial charge on any atom is 0.416 e. The number of hydrogen-bond donors (Lipinski definition) is 2. The van der Waals surface area contributed by atoms with Gasteiger partial charge in [-0.2, -0.15) is 13.2 Å². The number of aromatic amines is 2. The molecule has 0 bridgehead atoms. The summed E-state index contributed by atoms with van der Waals surface area (Å²) in [7, 11) is 0. The van der Waals surface area contributed by atoms with Crippen molar-refractivity contribution in [3.8, 4) is 0 Å². The molecule has 2 aromatic carbocycles. The van der Waals surface area contributed by atoms with Crippen LogP contribution in [-0.2, 0) is 6.18 Å². The van der Waals surface area contributed by atoms with Crippen molar-refractivity contribution in [3.63, 3.8) is 0 Å². The van der Waals surface area contributed by atoms with E-state index in [1.54, 1.807) is 12.1 Å². The van der Waals surface area contributed by atoms with Crippen LogP contribution in [0.5, 0.6) is 0 Å². The second-order valence-electron chi connectivity index (χ2n) is 7.13. The Bertz CT molecular complexity index is 1140. The van der Waals surface area contributed by atoms with Crippen LogP contribution in [-0.4, -0.2) is 4.98 Å². The minimum absolute atomic E-state index is 0.328. The molecule has 0 saturated heterocycles. The average Bonchev–Trinajstić information content (AvgIpc) is 3.02. The van der Waals surface area contributed by atoms with E-state index >= 15 is 0 Å². The smallest absolute Gasteiger partial charge is 0.358 e. The van der Waals surface area contributed by atoms with E-state index in [1.165, 1.54) is 0 Å². The summed E-state index contributed by atoms with van der Waals surface area (Å²) in [5.74, 6) is 0.821. The highest BCUT2D eigenvalue weighted by Gasteiger charge is 2.31. The predicted octanol–water partition coefficient (Wildman–Crippen LogP) is 5.82. The molecule has 1 atom stereocenters. The van der Waals surface area contributed by atoms with Crippen LogP contribution in [0.25, 0.3) is 10.9 Å². The molecule has 4 rings (SSSR count). The van der Waals surface area contributed by atoms with Gasteiger partial charge < -0.3 is 4.98 Å². The predicted molar refractivity (Wildman–Crippen MR) is 108 cm³/mol. The molecule has 0 spiro atoms. The number of aryl methyl sites for hydroxylation is 2. The summed E-state index contributed by atoms with van der Waals surface area (Å²) in [5.41, 5.74) is 4.09. The second kappa shape index (κ2) is 7.28. The first-order valence-corrected chi connectivity index (χ1v) is 9.33. The number of pyridine rings is 1. The highest BCUT2D eigenvalue weighted by molar-refractivity contribution is 5.86. The zero-order valence-corrected chi connectivity index (χ0v) is 16.1. The van der Waals surface area contributed by atoms with Gasteiger partial charge in [-0.15, -0.1) is 0 Å². The number of nitrogens with one attached hydrogen (secondary N) is 3. The van der Waals surface area contributed by atoms with E-state index in [2.05, 4.69) is 15.3 Å². The van der Waals surface area contributed by atoms with Crippen molar-refractivity contribution in [1.29, 1.82) is 0 Å². The molecule has 0 unspecified atom stereocenters. The van der Waals surface area contributed by atoms with Crippen LogP contribution in [0.4, 0.5) is 19.0 Å². The second-order valence-corrected chi connectivity index (χ2v) is 7.13. The van der Waals surface area contributed by atoms with Gasteiger partial charge in [0.2, 0.25) is 0 Å². The van der Waals surface area contributed by atoms with Gasteiger partial charge in [-0.25, -0.2) is 4.98 Å². The third-order valence-corrected chi connectivity index (χ3v) is 5.16. The highest BCUT2D eigenvalue weighted by atomic mass is 19.4. The maximum atomic E-state index is 13.0. The Morgan fingerprint density at radius 1 is 0.931 bits per heavy atom. The van der Waals surface area contributed by atoms with Crippen LogP contribution in [0, 0.1) is 13.8 Å². The SMILES string of the molecule is Cc1ccc[nH+]c1N[C@@H](c1ccc(C(F)(F)F)cc1)c1c(C)[nH]c2ccccc12. The zero-order chi connectivity index (χ0) is 20.6. The highest BCUT2D eigenvalue weighted by Crippen LogP contribution is 2.36. The van der Waals surface area contributed by atoms with Crippen molar-refractivity contribution in [2.75, 3.05) is 5.32 Å². The molecule has 2 heterocycles. The molecule has 0 aliphatic heterocycles. The Hall–Kier alpha value is -3.28. The minimum Gasteiger partial charge on any atom is -0.358 e. The number of rotatable bonds is 4. The fourth-order valence-electron chi connectivity index (χ4n) is 3.68. The maximum absolute atomic E-state index is 13.0. The minimum atomic E-state index is -4.36. The van der Waals surface area contributed by atoms with Gasteiger partial charge in [-0.1, -0.05) is 30.3 Å². The molecule has 3 nitrogen and oxygen atoms in total. The van der Waals surface area contributed by atoms with Crippen LogP contribution in [0.3, 0.4) is 0 Å². The number of fused-ring (bicyclic) bond motifs is 1. The molecule has 0 radical (unpaired) electrons. The summed E-state index contributed by atoms with van der Waals surface area (Å²) in [6.45, 7) is 3.96. The number of alkyl halides is 3. The normalized spacial score (nSPS) is 12.9. The van der Waals surface area contributed by atoms with E-state index in [1.807, 2.05) is 56.4 Å². The van der Waals surface area contributed by atoms with Crippen molar-refractivity contribution in [2.24, 2.45) is 0 Å². The number of hydrogen-bond acceptors (Lipinski definition) is 1. The molecule has 148 valence electrons. The van der Waals surface area contributed by atoms with E-state index in [4.69, 9.17) is 0 Å². The first kappa shape index (κ1) is 19.1. The Morgan fingerprint density at radius 3 is 2.34 bits per heavy atom. The fourth-order valence-corrected chi connectivity index (χ4v) is 3.68. The number of benzene rings is 2. The lowest BCUT2D eigenvalue weighted by Crippen LogP contribution is -2.20. The largest absolute Gasteiger partial charge is 0.416 e. The standard InChI is InChI=1S/C23H20F3N3/c1-14-6-5-13-27-22(14)29-21(16-9-11-17(12-10-16)23(24,25)26)20-15(2)28-19-8-4-3-7-18(19)20/h3-13,21,28H,1-2H3,(H,27,29)/p+1/t21-/m0/s1. The molecule has 0 aliphatic rings. The van der Waals surface area contributed by atoms with E-state index in [-0.39, 0.29) is 6.04 Å². The van der Waals surface area contributed by atoms with Gasteiger partial charge in [0, 0.05) is 33.3 Å². The summed E-state index contributed by atoms with van der Waals surface area (Å²) < 4.78 is 39.1. The number of anilines is 1. The number of aromatic nitrogens is 2. The van der Waals surface area contributed by atoms with Crippen molar-refractivity contribution in [2.45, 2.75) is 26.1 Å². The molecule has 0 saturated carbocycles. The van der Waals surface area contributed by atoms with Crippen molar-refractivity contribution < 1.29 is 18.2 Å². The Labute approximate surface area is 166 Å². The molecule has 0 fully saturated rings. The summed E-state index contributed by atoms with van der Waals surface area (Å²) >= 11 is 0. The first-order chi connectivity index (χ1) is 13.8. The summed E-state index contributed by atoms with van der Waals surface area (Å²) in [5, 5.41) is 4.54. The Morgan fingerprint density at radius 2 is 1.66 bits per heavy atom. The van der Waals surface area contributed by atoms with Crippen LogP contribution >= 0.6 is 0 Å². The van der Waals surface area contributed by atoms with Gasteiger partial charge in [-0.05, 0) is 44.2 Å². The first-order valence-electron chi connectivity index (χ1n) is 9.33. The van der Waals surface area contributed by atoms with Gasteiger partial charge in [0.05, 0.1) is 11.8 Å². The summed E-state index contributed by atoms with van der Waals surface area (Å²) in [6.07, 6.45) is -2.54. The van der Waals surface area contributed by atoms with E-state index in [0.29, 0.717) is 0 Å². The molecular weight excluding hydrogens is 375 g/mol. The Kier molecular flexibility index (Phi) is 4.78. The van der Waals surface area contributed by atoms with Crippen molar-refractivity contribution in [1.82, 2.24) is 4.98 Å². The summed E-state index contributed by atoms with van der Waals surface area (Å²) in [4.78, 5) is 6.58. The summed E-state index contributed by atoms with van der Waals surface area (Å²) in [6, 6.07) is 16.8. The van der Waals surface area contributed by atoms with Crippen LogP contribution in [0.2, 0.25) is 0 Å².